The van der Waals surface area contributed by atoms with E-state index in [-0.39, 0.29) is 17.9 Å². The van der Waals surface area contributed by atoms with Crippen molar-refractivity contribution in [2.24, 2.45) is 0 Å². The molecule has 1 N–H and O–H groups in total. The molecule has 0 amide bonds. The molecule has 0 aliphatic rings. The summed E-state index contributed by atoms with van der Waals surface area (Å²) in [6.07, 6.45) is 0. The lowest BCUT2D eigenvalue weighted by Gasteiger charge is -2.11. The van der Waals surface area contributed by atoms with Crippen LogP contribution in [-0.2, 0) is 13.2 Å². The molecule has 112 valence electrons. The standard InChI is InChI=1S/C15H18N2O4/c1-4-17-11(7-10(2)16-17)9-21-14-8-12(20-3)5-6-13(14)15(18)19/h5-8H,4,9H2,1-3H3,(H,18,19). The largest absolute Gasteiger partial charge is 0.497 e. The Hall–Kier alpha value is -2.50. The number of carboxylic acids is 1. The predicted molar refractivity (Wildman–Crippen MR) is 76.9 cm³/mol. The van der Waals surface area contributed by atoms with E-state index >= 15 is 0 Å². The molecule has 0 radical (unpaired) electrons. The van der Waals surface area contributed by atoms with E-state index in [1.54, 1.807) is 12.1 Å². The van der Waals surface area contributed by atoms with Crippen molar-refractivity contribution < 1.29 is 19.4 Å². The highest BCUT2D eigenvalue weighted by Crippen LogP contribution is 2.25. The number of aryl methyl sites for hydroxylation is 2. The van der Waals surface area contributed by atoms with Crippen LogP contribution in [0.5, 0.6) is 11.5 Å². The highest BCUT2D eigenvalue weighted by Gasteiger charge is 2.14. The number of benzene rings is 1. The van der Waals surface area contributed by atoms with Crippen molar-refractivity contribution in [3.63, 3.8) is 0 Å². The van der Waals surface area contributed by atoms with E-state index in [4.69, 9.17) is 9.47 Å². The summed E-state index contributed by atoms with van der Waals surface area (Å²) in [5, 5.41) is 13.5. The van der Waals surface area contributed by atoms with Gasteiger partial charge in [-0.3, -0.25) is 4.68 Å². The molecular weight excluding hydrogens is 272 g/mol. The molecular formula is C15H18N2O4. The molecule has 0 fully saturated rings. The Balaban J connectivity index is 2.23. The van der Waals surface area contributed by atoms with Crippen LogP contribution in [0, 0.1) is 6.92 Å². The van der Waals surface area contributed by atoms with Crippen molar-refractivity contribution in [1.82, 2.24) is 9.78 Å². The summed E-state index contributed by atoms with van der Waals surface area (Å²) < 4.78 is 12.6. The van der Waals surface area contributed by atoms with E-state index in [9.17, 15) is 9.90 Å². The second-order valence-corrected chi connectivity index (χ2v) is 4.55. The summed E-state index contributed by atoms with van der Waals surface area (Å²) in [4.78, 5) is 11.2. The Morgan fingerprint density at radius 3 is 2.76 bits per heavy atom. The number of methoxy groups -OCH3 is 1. The zero-order valence-electron chi connectivity index (χ0n) is 12.3. The smallest absolute Gasteiger partial charge is 0.339 e. The molecule has 0 spiro atoms. The topological polar surface area (TPSA) is 73.6 Å². The zero-order chi connectivity index (χ0) is 15.4. The number of carboxylic acid groups (broad SMARTS) is 1. The van der Waals surface area contributed by atoms with Gasteiger partial charge in [-0.15, -0.1) is 0 Å². The van der Waals surface area contributed by atoms with Gasteiger partial charge in [-0.2, -0.15) is 5.10 Å². The van der Waals surface area contributed by atoms with Crippen LogP contribution in [0.3, 0.4) is 0 Å². The summed E-state index contributed by atoms with van der Waals surface area (Å²) in [6.45, 7) is 4.88. The first kappa shape index (κ1) is 14.9. The Kier molecular flexibility index (Phi) is 4.47. The summed E-state index contributed by atoms with van der Waals surface area (Å²) in [7, 11) is 1.52. The van der Waals surface area contributed by atoms with Gasteiger partial charge in [0.2, 0.25) is 0 Å². The zero-order valence-corrected chi connectivity index (χ0v) is 12.3. The van der Waals surface area contributed by atoms with Crippen molar-refractivity contribution in [1.29, 1.82) is 0 Å². The summed E-state index contributed by atoms with van der Waals surface area (Å²) in [6, 6.07) is 6.56. The van der Waals surface area contributed by atoms with Crippen molar-refractivity contribution >= 4 is 5.97 Å². The lowest BCUT2D eigenvalue weighted by atomic mass is 10.2. The van der Waals surface area contributed by atoms with Gasteiger partial charge in [0.15, 0.2) is 0 Å². The van der Waals surface area contributed by atoms with Crippen molar-refractivity contribution in [2.75, 3.05) is 7.11 Å². The molecule has 0 saturated heterocycles. The van der Waals surface area contributed by atoms with Gasteiger partial charge in [0.05, 0.1) is 18.5 Å². The number of rotatable bonds is 6. The number of hydrogen-bond acceptors (Lipinski definition) is 4. The van der Waals surface area contributed by atoms with Crippen LogP contribution >= 0.6 is 0 Å². The van der Waals surface area contributed by atoms with Gasteiger partial charge in [0.25, 0.3) is 0 Å². The normalized spacial score (nSPS) is 10.4. The van der Waals surface area contributed by atoms with Gasteiger partial charge in [-0.05, 0) is 32.0 Å². The molecule has 6 nitrogen and oxygen atoms in total. The molecule has 1 aromatic carbocycles. The Labute approximate surface area is 122 Å². The minimum atomic E-state index is -1.03. The summed E-state index contributed by atoms with van der Waals surface area (Å²) in [5.41, 5.74) is 1.91. The maximum absolute atomic E-state index is 11.2. The van der Waals surface area contributed by atoms with Crippen molar-refractivity contribution in [2.45, 2.75) is 27.0 Å². The van der Waals surface area contributed by atoms with Crippen molar-refractivity contribution in [3.8, 4) is 11.5 Å². The first-order chi connectivity index (χ1) is 10.0. The van der Waals surface area contributed by atoms with E-state index in [1.165, 1.54) is 13.2 Å². The van der Waals surface area contributed by atoms with Crippen LogP contribution in [-0.4, -0.2) is 28.0 Å². The maximum Gasteiger partial charge on any atom is 0.339 e. The fourth-order valence-electron chi connectivity index (χ4n) is 2.07. The molecule has 6 heteroatoms. The molecule has 0 bridgehead atoms. The SMILES string of the molecule is CCn1nc(C)cc1COc1cc(OC)ccc1C(=O)O. The number of carbonyl (C=O) groups is 1. The van der Waals surface area contributed by atoms with E-state index in [1.807, 2.05) is 24.6 Å². The van der Waals surface area contributed by atoms with Crippen LogP contribution in [0.25, 0.3) is 0 Å². The van der Waals surface area contributed by atoms with Gasteiger partial charge in [0, 0.05) is 12.6 Å². The molecule has 21 heavy (non-hydrogen) atoms. The highest BCUT2D eigenvalue weighted by atomic mass is 16.5. The first-order valence-electron chi connectivity index (χ1n) is 6.62. The first-order valence-corrected chi connectivity index (χ1v) is 6.62. The van der Waals surface area contributed by atoms with E-state index in [0.29, 0.717) is 5.75 Å². The lowest BCUT2D eigenvalue weighted by Crippen LogP contribution is -2.08. The van der Waals surface area contributed by atoms with Crippen LogP contribution < -0.4 is 9.47 Å². The number of aromatic carboxylic acids is 1. The lowest BCUT2D eigenvalue weighted by molar-refractivity contribution is 0.0691. The molecule has 2 aromatic rings. The number of aromatic nitrogens is 2. The average molecular weight is 290 g/mol. The summed E-state index contributed by atoms with van der Waals surface area (Å²) in [5.74, 6) is -0.202. The minimum absolute atomic E-state index is 0.107. The minimum Gasteiger partial charge on any atom is -0.497 e. The third kappa shape index (κ3) is 3.34. The summed E-state index contributed by atoms with van der Waals surface area (Å²) >= 11 is 0. The molecule has 1 aromatic heterocycles. The second-order valence-electron chi connectivity index (χ2n) is 4.55. The molecule has 0 unspecified atom stereocenters. The average Bonchev–Trinajstić information content (AvgIpc) is 2.84. The molecule has 0 aliphatic heterocycles. The molecule has 0 aliphatic carbocycles. The Bertz CT molecular complexity index is 649. The van der Waals surface area contributed by atoms with E-state index < -0.39 is 5.97 Å². The van der Waals surface area contributed by atoms with E-state index in [2.05, 4.69) is 5.10 Å². The fourth-order valence-corrected chi connectivity index (χ4v) is 2.07. The van der Waals surface area contributed by atoms with Gasteiger partial charge >= 0.3 is 5.97 Å². The van der Waals surface area contributed by atoms with Crippen LogP contribution in [0.1, 0.15) is 28.7 Å². The molecule has 0 saturated carbocycles. The molecule has 0 atom stereocenters. The second kappa shape index (κ2) is 6.30. The van der Waals surface area contributed by atoms with Gasteiger partial charge in [-0.25, -0.2) is 4.79 Å². The monoisotopic (exact) mass is 290 g/mol. The number of ether oxygens (including phenoxy) is 2. The maximum atomic E-state index is 11.2. The van der Waals surface area contributed by atoms with E-state index in [0.717, 1.165) is 17.9 Å². The Morgan fingerprint density at radius 1 is 1.38 bits per heavy atom. The number of hydrogen-bond donors (Lipinski definition) is 1. The molecule has 2 rings (SSSR count). The third-order valence-electron chi connectivity index (χ3n) is 3.08. The van der Waals surface area contributed by atoms with Crippen LogP contribution in [0.4, 0.5) is 0 Å². The Morgan fingerprint density at radius 2 is 2.14 bits per heavy atom. The van der Waals surface area contributed by atoms with Gasteiger partial charge in [0.1, 0.15) is 23.7 Å². The van der Waals surface area contributed by atoms with Gasteiger partial charge < -0.3 is 14.6 Å². The highest BCUT2D eigenvalue weighted by molar-refractivity contribution is 5.91. The van der Waals surface area contributed by atoms with Crippen LogP contribution in [0.15, 0.2) is 24.3 Å². The quantitative estimate of drug-likeness (QED) is 0.884. The van der Waals surface area contributed by atoms with Crippen LogP contribution in [0.2, 0.25) is 0 Å². The van der Waals surface area contributed by atoms with Crippen molar-refractivity contribution in [3.05, 3.63) is 41.2 Å². The predicted octanol–water partition coefficient (Wildman–Crippen LogP) is 2.50. The third-order valence-corrected chi connectivity index (χ3v) is 3.08. The fraction of sp³-hybridized carbons (Fsp3) is 0.333. The van der Waals surface area contributed by atoms with Gasteiger partial charge in [-0.1, -0.05) is 0 Å². The molecule has 1 heterocycles. The number of nitrogens with zero attached hydrogens (tertiary/aromatic N) is 2.